The predicted octanol–water partition coefficient (Wildman–Crippen LogP) is 1.75. The minimum absolute atomic E-state index is 0.0697. The molecule has 1 aliphatic carbocycles. The van der Waals surface area contributed by atoms with Crippen LogP contribution in [0.5, 0.6) is 0 Å². The highest BCUT2D eigenvalue weighted by molar-refractivity contribution is 5.94. The molecule has 2 aromatic heterocycles. The fraction of sp³-hybridized carbons (Fsp3) is 0.529. The molecule has 132 valence electrons. The number of rotatable bonds is 5. The maximum absolute atomic E-state index is 13.9. The van der Waals surface area contributed by atoms with Gasteiger partial charge >= 0.3 is 0 Å². The van der Waals surface area contributed by atoms with Gasteiger partial charge in [0.2, 0.25) is 0 Å². The molecular weight excluding hydrogens is 325 g/mol. The Balaban J connectivity index is 1.56. The molecule has 8 heteroatoms. The number of carbonyl (C=O) groups is 1. The molecule has 0 unspecified atom stereocenters. The number of ether oxygens (including phenoxy) is 1. The number of amides is 1. The minimum atomic E-state index is -0.584. The molecule has 4 rings (SSSR count). The number of likely N-dealkylation sites (tertiary alicyclic amines) is 1. The summed E-state index contributed by atoms with van der Waals surface area (Å²) in [6.45, 7) is 1.49. The first-order valence-corrected chi connectivity index (χ1v) is 8.46. The fourth-order valence-corrected chi connectivity index (χ4v) is 3.67. The van der Waals surface area contributed by atoms with E-state index >= 15 is 0 Å². The number of hydrogen-bond donors (Lipinski definition) is 1. The Hall–Kier alpha value is -2.35. The van der Waals surface area contributed by atoms with Crippen LogP contribution in [0.3, 0.4) is 0 Å². The summed E-state index contributed by atoms with van der Waals surface area (Å²) < 4.78 is 19.0. The van der Waals surface area contributed by atoms with E-state index < -0.39 is 5.82 Å². The molecule has 25 heavy (non-hydrogen) atoms. The van der Waals surface area contributed by atoms with E-state index in [-0.39, 0.29) is 17.4 Å². The molecule has 1 aliphatic heterocycles. The minimum Gasteiger partial charge on any atom is -0.377 e. The molecule has 1 saturated carbocycles. The van der Waals surface area contributed by atoms with Gasteiger partial charge in [0.1, 0.15) is 6.61 Å². The molecule has 0 aromatic carbocycles. The molecule has 7 nitrogen and oxygen atoms in total. The van der Waals surface area contributed by atoms with Crippen LogP contribution in [-0.2, 0) is 11.3 Å². The molecule has 3 heterocycles. The monoisotopic (exact) mass is 345 g/mol. The van der Waals surface area contributed by atoms with E-state index in [4.69, 9.17) is 4.74 Å². The number of nitrogens with zero attached hydrogens (tertiary/aromatic N) is 4. The normalized spacial score (nSPS) is 23.2. The number of H-pyrrole nitrogens is 1. The second kappa shape index (κ2) is 6.51. The zero-order valence-corrected chi connectivity index (χ0v) is 14.0. The summed E-state index contributed by atoms with van der Waals surface area (Å²) in [4.78, 5) is 22.7. The van der Waals surface area contributed by atoms with E-state index in [1.54, 1.807) is 12.0 Å². The van der Waals surface area contributed by atoms with Crippen molar-refractivity contribution in [2.45, 2.75) is 25.4 Å². The number of halogens is 1. The average molecular weight is 345 g/mol. The zero-order chi connectivity index (χ0) is 17.4. The highest BCUT2D eigenvalue weighted by Gasteiger charge is 2.46. The van der Waals surface area contributed by atoms with Crippen molar-refractivity contribution in [2.24, 2.45) is 11.8 Å². The highest BCUT2D eigenvalue weighted by atomic mass is 19.1. The molecule has 1 amide bonds. The molecule has 1 N–H and O–H groups in total. The van der Waals surface area contributed by atoms with Gasteiger partial charge in [0.05, 0.1) is 11.8 Å². The number of carbonyl (C=O) groups excluding carboxylic acids is 1. The van der Waals surface area contributed by atoms with E-state index in [9.17, 15) is 9.18 Å². The van der Waals surface area contributed by atoms with E-state index in [0.29, 0.717) is 37.4 Å². The summed E-state index contributed by atoms with van der Waals surface area (Å²) in [6, 6.07) is 1.43. The number of methoxy groups -OCH3 is 1. The van der Waals surface area contributed by atoms with Crippen molar-refractivity contribution in [3.63, 3.8) is 0 Å². The summed E-state index contributed by atoms with van der Waals surface area (Å²) in [5, 5.41) is 7.21. The van der Waals surface area contributed by atoms with Crippen molar-refractivity contribution >= 4 is 5.91 Å². The van der Waals surface area contributed by atoms with E-state index in [2.05, 4.69) is 20.2 Å². The van der Waals surface area contributed by atoms with Crippen molar-refractivity contribution in [1.82, 2.24) is 25.1 Å². The first-order valence-electron chi connectivity index (χ1n) is 8.46. The van der Waals surface area contributed by atoms with Crippen molar-refractivity contribution in [3.05, 3.63) is 41.5 Å². The third-order valence-electron chi connectivity index (χ3n) is 5.04. The van der Waals surface area contributed by atoms with Crippen molar-refractivity contribution in [3.8, 4) is 0 Å². The summed E-state index contributed by atoms with van der Waals surface area (Å²) >= 11 is 0. The van der Waals surface area contributed by atoms with E-state index in [1.807, 2.05) is 0 Å². The van der Waals surface area contributed by atoms with Crippen LogP contribution < -0.4 is 0 Å². The third kappa shape index (κ3) is 3.13. The lowest BCUT2D eigenvalue weighted by atomic mass is 9.91. The third-order valence-corrected chi connectivity index (χ3v) is 5.04. The largest absolute Gasteiger partial charge is 0.377 e. The summed E-state index contributed by atoms with van der Waals surface area (Å²) in [5.74, 6) is 1.50. The summed E-state index contributed by atoms with van der Waals surface area (Å²) in [6.07, 6.45) is 4.85. The van der Waals surface area contributed by atoms with Crippen LogP contribution in [0.25, 0.3) is 0 Å². The van der Waals surface area contributed by atoms with Crippen LogP contribution in [0.1, 0.15) is 40.8 Å². The molecule has 0 bridgehead atoms. The molecule has 0 spiro atoms. The molecule has 0 radical (unpaired) electrons. The lowest BCUT2D eigenvalue weighted by Gasteiger charge is -2.16. The van der Waals surface area contributed by atoms with Gasteiger partial charge in [-0.15, -0.1) is 0 Å². The molecule has 2 atom stereocenters. The van der Waals surface area contributed by atoms with Gasteiger partial charge in [-0.2, -0.15) is 5.10 Å². The Morgan fingerprint density at radius 1 is 1.44 bits per heavy atom. The number of nitrogens with one attached hydrogen (secondary N) is 1. The van der Waals surface area contributed by atoms with Crippen LogP contribution in [0.2, 0.25) is 0 Å². The Morgan fingerprint density at radius 2 is 2.28 bits per heavy atom. The number of aromatic nitrogens is 4. The van der Waals surface area contributed by atoms with Crippen LogP contribution in [0, 0.1) is 17.7 Å². The van der Waals surface area contributed by atoms with E-state index in [0.717, 1.165) is 12.0 Å². The maximum atomic E-state index is 13.9. The second-order valence-corrected chi connectivity index (χ2v) is 6.75. The SMILES string of the molecule is COCc1nc([C@H]2CN(C(=O)c3ccncc3F)C[C@@H]2C2CC2)n[nH]1. The highest BCUT2D eigenvalue weighted by Crippen LogP contribution is 2.47. The lowest BCUT2D eigenvalue weighted by molar-refractivity contribution is 0.0780. The van der Waals surface area contributed by atoms with Crippen LogP contribution >= 0.6 is 0 Å². The Morgan fingerprint density at radius 3 is 3.00 bits per heavy atom. The van der Waals surface area contributed by atoms with Gasteiger partial charge in [-0.05, 0) is 30.7 Å². The van der Waals surface area contributed by atoms with Gasteiger partial charge in [-0.1, -0.05) is 0 Å². The van der Waals surface area contributed by atoms with Crippen LogP contribution in [0.4, 0.5) is 4.39 Å². The Labute approximate surface area is 144 Å². The van der Waals surface area contributed by atoms with Gasteiger partial charge in [0.25, 0.3) is 5.91 Å². The fourth-order valence-electron chi connectivity index (χ4n) is 3.67. The Bertz CT molecular complexity index is 776. The van der Waals surface area contributed by atoms with Gasteiger partial charge < -0.3 is 9.64 Å². The molecule has 2 aromatic rings. The topological polar surface area (TPSA) is 84.0 Å². The molecule has 2 aliphatic rings. The summed E-state index contributed by atoms with van der Waals surface area (Å²) in [7, 11) is 1.61. The lowest BCUT2D eigenvalue weighted by Crippen LogP contribution is -2.30. The maximum Gasteiger partial charge on any atom is 0.256 e. The van der Waals surface area contributed by atoms with Crippen molar-refractivity contribution in [2.75, 3.05) is 20.2 Å². The Kier molecular flexibility index (Phi) is 4.20. The number of hydrogen-bond acceptors (Lipinski definition) is 5. The molecule has 2 fully saturated rings. The average Bonchev–Trinajstić information content (AvgIpc) is 3.19. The standard InChI is InChI=1S/C17H20FN5O2/c1-25-9-15-20-16(22-21-15)13-8-23(7-12(13)10-2-3-10)17(24)11-4-5-19-6-14(11)18/h4-6,10,12-13H,2-3,7-9H2,1H3,(H,20,21,22)/t12-,13+/m1/s1. The smallest absolute Gasteiger partial charge is 0.256 e. The second-order valence-electron chi connectivity index (χ2n) is 6.75. The zero-order valence-electron chi connectivity index (χ0n) is 14.0. The van der Waals surface area contributed by atoms with Crippen LogP contribution in [0.15, 0.2) is 18.5 Å². The number of aromatic amines is 1. The van der Waals surface area contributed by atoms with Gasteiger partial charge in [0, 0.05) is 32.3 Å². The van der Waals surface area contributed by atoms with Gasteiger partial charge in [-0.25, -0.2) is 9.37 Å². The van der Waals surface area contributed by atoms with Gasteiger partial charge in [-0.3, -0.25) is 14.9 Å². The molecule has 1 saturated heterocycles. The predicted molar refractivity (Wildman–Crippen MR) is 86.1 cm³/mol. The summed E-state index contributed by atoms with van der Waals surface area (Å²) in [5.41, 5.74) is 0.0697. The first-order chi connectivity index (χ1) is 12.2. The quantitative estimate of drug-likeness (QED) is 0.892. The number of pyridine rings is 1. The first kappa shape index (κ1) is 16.1. The van der Waals surface area contributed by atoms with Crippen molar-refractivity contribution in [1.29, 1.82) is 0 Å². The molecular formula is C17H20FN5O2. The van der Waals surface area contributed by atoms with Crippen LogP contribution in [-0.4, -0.2) is 51.2 Å². The van der Waals surface area contributed by atoms with E-state index in [1.165, 1.54) is 25.1 Å². The van der Waals surface area contributed by atoms with Gasteiger partial charge in [0.15, 0.2) is 17.5 Å². The van der Waals surface area contributed by atoms with Crippen molar-refractivity contribution < 1.29 is 13.9 Å².